The summed E-state index contributed by atoms with van der Waals surface area (Å²) in [6.07, 6.45) is 11.9. The smallest absolute Gasteiger partial charge is 0.150 e. The first kappa shape index (κ1) is 106. The quantitative estimate of drug-likeness (QED) is 0.0821. The molecule has 0 saturated heterocycles. The normalized spacial score (nSPS) is 11.5. The summed E-state index contributed by atoms with van der Waals surface area (Å²) in [6, 6.07) is 104. The first-order valence-corrected chi connectivity index (χ1v) is 48.2. The SMILES string of the molecule is CC(C)c1ccc(-c2cscn2)cc1.CC(C)c1ccc(C2CCCCC2)cc1.CC(C)c1ccc(Oc2ccccc2N)cc1.Cc1ccc(C(C)C)cc1.Cc1ccc(C(C)C)cc1.Cc1ccc(CC(C)C)cc1.Cc1ccc(CC(C)C)cc1.Cc1ccc(CC(C)C)cc1.Cc1cccc(-c2ccc(C(C)C)cc2)c1.Cc1cccc(CC(C)C)c1. The molecule has 12 aromatic carbocycles. The Morgan fingerprint density at radius 1 is 0.294 bits per heavy atom. The zero-order valence-electron chi connectivity index (χ0n) is 82.9. The van der Waals surface area contributed by atoms with E-state index in [0.717, 1.165) is 41.0 Å². The van der Waals surface area contributed by atoms with E-state index >= 15 is 0 Å². The van der Waals surface area contributed by atoms with E-state index < -0.39 is 0 Å². The summed E-state index contributed by atoms with van der Waals surface area (Å²) < 4.78 is 5.72. The van der Waals surface area contributed by atoms with Crippen LogP contribution < -0.4 is 10.5 Å². The molecule has 13 aromatic rings. The molecule has 1 aliphatic rings. The molecule has 0 amide bonds. The molecule has 1 aliphatic carbocycles. The van der Waals surface area contributed by atoms with Crippen LogP contribution in [0.2, 0.25) is 0 Å². The van der Waals surface area contributed by atoms with E-state index in [0.29, 0.717) is 46.9 Å². The van der Waals surface area contributed by atoms with Crippen molar-refractivity contribution in [3.05, 3.63) is 402 Å². The number of para-hydroxylation sites is 2. The zero-order chi connectivity index (χ0) is 92.6. The van der Waals surface area contributed by atoms with Crippen molar-refractivity contribution < 1.29 is 4.74 Å². The minimum Gasteiger partial charge on any atom is -0.455 e. The molecule has 1 aromatic heterocycles. The summed E-state index contributed by atoms with van der Waals surface area (Å²) in [5.74, 6) is 9.10. The lowest BCUT2D eigenvalue weighted by molar-refractivity contribution is 0.443. The molecule has 0 aliphatic heterocycles. The third-order valence-electron chi connectivity index (χ3n) is 22.1. The predicted octanol–water partition coefficient (Wildman–Crippen LogP) is 36.8. The monoisotopic (exact) mass is 1700 g/mol. The summed E-state index contributed by atoms with van der Waals surface area (Å²) in [6.45, 7) is 59.5. The van der Waals surface area contributed by atoms with Crippen LogP contribution in [-0.4, -0.2) is 4.98 Å². The molecule has 3 nitrogen and oxygen atoms in total. The minimum atomic E-state index is 0.533. The van der Waals surface area contributed by atoms with Gasteiger partial charge in [0.2, 0.25) is 0 Å². The summed E-state index contributed by atoms with van der Waals surface area (Å²) >= 11 is 1.63. The molecule has 0 radical (unpaired) electrons. The second-order valence-electron chi connectivity index (χ2n) is 38.3. The number of aryl methyl sites for hydroxylation is 7. The van der Waals surface area contributed by atoms with Gasteiger partial charge in [0.25, 0.3) is 0 Å². The van der Waals surface area contributed by atoms with Crippen LogP contribution in [-0.2, 0) is 25.7 Å². The molecule has 126 heavy (non-hydrogen) atoms. The Labute approximate surface area is 773 Å². The highest BCUT2D eigenvalue weighted by Gasteiger charge is 2.16. The number of nitrogen functional groups attached to an aromatic ring is 1. The van der Waals surface area contributed by atoms with E-state index in [2.05, 4.69) is 452 Å². The van der Waals surface area contributed by atoms with Gasteiger partial charge in [-0.1, -0.05) is 464 Å². The fourth-order valence-electron chi connectivity index (χ4n) is 14.3. The standard InChI is InChI=1S/C16H18.C15H17NO.C15H22.C12H13NS.4C11H16.2C10H14/c1-12(2)14-7-9-15(10-8-14)16-6-4-5-13(3)11-16;1-11(2)12-7-9-13(10-8-12)17-15-6-4-3-5-14(15)16;1-12(2)13-8-10-15(11-9-13)14-6-4-3-5-7-14;1-9(2)10-3-5-11(6-4-10)12-7-14-8-13-12;3*1-9(2)8-11-6-4-10(3)5-7-11;1-9(2)7-11-6-4-5-10(3)8-11;2*1-8(2)10-6-4-9(3)5-7-10/h4-12H,1-3H3;3-11H,16H2,1-2H3;8-12,14H,3-7H2,1-2H3;3-9H,1-2H3;3*4-7,9H,8H2,1-3H3;4-6,8-9H,7H2,1-3H3;2*4-8H,1-3H3. The number of aromatic nitrogens is 1. The maximum absolute atomic E-state index is 5.82. The number of nitrogens with two attached hydrogens (primary N) is 1. The number of benzene rings is 12. The zero-order valence-corrected chi connectivity index (χ0v) is 83.7. The van der Waals surface area contributed by atoms with E-state index in [1.807, 2.05) is 41.9 Å². The number of hydrogen-bond acceptors (Lipinski definition) is 4. The van der Waals surface area contributed by atoms with Crippen LogP contribution in [0.1, 0.15) is 312 Å². The van der Waals surface area contributed by atoms with Gasteiger partial charge >= 0.3 is 0 Å². The summed E-state index contributed by atoms with van der Waals surface area (Å²) in [5.41, 5.74) is 38.4. The maximum Gasteiger partial charge on any atom is 0.150 e. The number of rotatable bonds is 19. The van der Waals surface area contributed by atoms with Gasteiger partial charge in [0.1, 0.15) is 11.5 Å². The van der Waals surface area contributed by atoms with Crippen molar-refractivity contribution in [2.24, 2.45) is 23.7 Å². The highest BCUT2D eigenvalue weighted by molar-refractivity contribution is 7.07. The molecule has 672 valence electrons. The molecule has 4 heteroatoms. The molecule has 0 unspecified atom stereocenters. The molecule has 14 rings (SSSR count). The molecule has 1 fully saturated rings. The van der Waals surface area contributed by atoms with Gasteiger partial charge in [0.05, 0.1) is 16.9 Å². The van der Waals surface area contributed by atoms with Gasteiger partial charge in [-0.15, -0.1) is 11.3 Å². The van der Waals surface area contributed by atoms with Crippen LogP contribution >= 0.6 is 11.3 Å². The molecular formula is C122H162N2OS. The van der Waals surface area contributed by atoms with Gasteiger partial charge in [-0.25, -0.2) is 4.98 Å². The van der Waals surface area contributed by atoms with Gasteiger partial charge in [-0.2, -0.15) is 0 Å². The topological polar surface area (TPSA) is 48.1 Å². The van der Waals surface area contributed by atoms with Crippen molar-refractivity contribution in [2.45, 2.75) is 286 Å². The number of nitrogens with zero attached hydrogens (tertiary/aromatic N) is 1. The number of ether oxygens (including phenoxy) is 1. The third kappa shape index (κ3) is 43.9. The van der Waals surface area contributed by atoms with Gasteiger partial charge < -0.3 is 10.5 Å². The van der Waals surface area contributed by atoms with E-state index in [-0.39, 0.29) is 0 Å². The molecule has 0 bridgehead atoms. The summed E-state index contributed by atoms with van der Waals surface area (Å²) in [5, 5.41) is 2.07. The Morgan fingerprint density at radius 3 is 0.944 bits per heavy atom. The van der Waals surface area contributed by atoms with Crippen molar-refractivity contribution in [1.82, 2.24) is 4.98 Å². The van der Waals surface area contributed by atoms with Crippen LogP contribution in [0, 0.1) is 72.1 Å². The summed E-state index contributed by atoms with van der Waals surface area (Å²) in [4.78, 5) is 4.28. The predicted molar refractivity (Wildman–Crippen MR) is 560 cm³/mol. The van der Waals surface area contributed by atoms with Crippen molar-refractivity contribution >= 4 is 17.0 Å². The largest absolute Gasteiger partial charge is 0.455 e. The van der Waals surface area contributed by atoms with Crippen LogP contribution in [0.5, 0.6) is 11.5 Å². The van der Waals surface area contributed by atoms with Gasteiger partial charge in [-0.3, -0.25) is 0 Å². The molecule has 1 heterocycles. The first-order valence-electron chi connectivity index (χ1n) is 47.2. The Kier molecular flexibility index (Phi) is 49.2. The number of hydrogen-bond donors (Lipinski definition) is 1. The molecule has 0 atom stereocenters. The van der Waals surface area contributed by atoms with Crippen LogP contribution in [0.25, 0.3) is 22.4 Å². The highest BCUT2D eigenvalue weighted by atomic mass is 32.1. The Morgan fingerprint density at radius 2 is 0.611 bits per heavy atom. The Hall–Kier alpha value is -10.1. The van der Waals surface area contributed by atoms with Crippen molar-refractivity contribution in [2.75, 3.05) is 5.73 Å². The summed E-state index contributed by atoms with van der Waals surface area (Å²) in [7, 11) is 0. The van der Waals surface area contributed by atoms with Crippen LogP contribution in [0.15, 0.2) is 302 Å². The fraction of sp³-hybridized carbons (Fsp3) is 0.385. The average Bonchev–Trinajstić information content (AvgIpc) is 1.85. The highest BCUT2D eigenvalue weighted by Crippen LogP contribution is 2.34. The second-order valence-corrected chi connectivity index (χ2v) is 39.0. The Balaban J connectivity index is 0.000000250. The maximum atomic E-state index is 5.82. The minimum absolute atomic E-state index is 0.533. The average molecular weight is 1700 g/mol. The van der Waals surface area contributed by atoms with Gasteiger partial charge in [0, 0.05) is 10.9 Å². The van der Waals surface area contributed by atoms with Crippen LogP contribution in [0.3, 0.4) is 0 Å². The molecule has 0 spiro atoms. The molecule has 2 N–H and O–H groups in total. The van der Waals surface area contributed by atoms with Crippen molar-refractivity contribution in [1.29, 1.82) is 0 Å². The third-order valence-corrected chi connectivity index (χ3v) is 22.7. The van der Waals surface area contributed by atoms with Gasteiger partial charge in [-0.05, 0) is 249 Å². The van der Waals surface area contributed by atoms with Crippen molar-refractivity contribution in [3.63, 3.8) is 0 Å². The lowest BCUT2D eigenvalue weighted by Gasteiger charge is -2.22. The fourth-order valence-corrected chi connectivity index (χ4v) is 14.9. The number of anilines is 1. The molecule has 1 saturated carbocycles. The van der Waals surface area contributed by atoms with Gasteiger partial charge in [0.15, 0.2) is 0 Å². The Bertz CT molecular complexity index is 4790. The number of thiazole rings is 1. The first-order chi connectivity index (χ1) is 60.0. The molecular weight excluding hydrogens is 1540 g/mol. The van der Waals surface area contributed by atoms with E-state index in [1.54, 1.807) is 16.9 Å². The second kappa shape index (κ2) is 58.3. The van der Waals surface area contributed by atoms with Crippen molar-refractivity contribution in [3.8, 4) is 33.9 Å². The lowest BCUT2D eigenvalue weighted by atomic mass is 9.83. The lowest BCUT2D eigenvalue weighted by Crippen LogP contribution is -2.04. The van der Waals surface area contributed by atoms with Crippen LogP contribution in [0.4, 0.5) is 5.69 Å². The van der Waals surface area contributed by atoms with E-state index in [9.17, 15) is 0 Å². The van der Waals surface area contributed by atoms with E-state index in [1.165, 1.54) is 169 Å². The van der Waals surface area contributed by atoms with E-state index in [4.69, 9.17) is 10.5 Å².